The van der Waals surface area contributed by atoms with E-state index in [1.807, 2.05) is 18.2 Å². The summed E-state index contributed by atoms with van der Waals surface area (Å²) in [5.74, 6) is 0.361. The number of hydrogen-bond donors (Lipinski definition) is 0. The van der Waals surface area contributed by atoms with Crippen LogP contribution in [0.5, 0.6) is 0 Å². The maximum atomic E-state index is 12.5. The molecule has 0 saturated carbocycles. The summed E-state index contributed by atoms with van der Waals surface area (Å²) in [7, 11) is 1.58. The number of piperazine rings is 1. The number of carbonyl (C=O) groups excluding carboxylic acids is 1. The highest BCUT2D eigenvalue weighted by Gasteiger charge is 2.30. The lowest BCUT2D eigenvalue weighted by Crippen LogP contribution is -2.49. The fourth-order valence-corrected chi connectivity index (χ4v) is 2.56. The second-order valence-corrected chi connectivity index (χ2v) is 5.26. The summed E-state index contributed by atoms with van der Waals surface area (Å²) in [5, 5.41) is 10.8. The average molecular weight is 316 g/mol. The van der Waals surface area contributed by atoms with E-state index in [4.69, 9.17) is 0 Å². The molecule has 1 aliphatic heterocycles. The van der Waals surface area contributed by atoms with Gasteiger partial charge in [-0.2, -0.15) is 0 Å². The van der Waals surface area contributed by atoms with Crippen molar-refractivity contribution in [2.75, 3.05) is 31.1 Å². The molecule has 0 aliphatic carbocycles. The van der Waals surface area contributed by atoms with Crippen LogP contribution in [0.2, 0.25) is 0 Å². The van der Waals surface area contributed by atoms with Crippen LogP contribution in [0.1, 0.15) is 10.6 Å². The molecule has 1 aliphatic rings. The van der Waals surface area contributed by atoms with Crippen molar-refractivity contribution in [3.05, 3.63) is 46.5 Å². The summed E-state index contributed by atoms with van der Waals surface area (Å²) >= 11 is 0. The number of anilines is 1. The molecule has 1 saturated heterocycles. The Hall–Kier alpha value is -2.97. The minimum atomic E-state index is -0.601. The summed E-state index contributed by atoms with van der Waals surface area (Å²) in [6, 6.07) is 5.71. The standard InChI is InChI=1S/C14H16N6O3/c1-17-10-12(20(22)23)16-13(17)14(21)19-8-6-18(7-9-19)11-4-2-3-5-15-11/h2-5,10H,6-9H2,1H3. The molecule has 0 aromatic carbocycles. The van der Waals surface area contributed by atoms with Gasteiger partial charge in [0.05, 0.1) is 0 Å². The maximum Gasteiger partial charge on any atom is 0.382 e. The summed E-state index contributed by atoms with van der Waals surface area (Å²) in [6.07, 6.45) is 2.98. The Morgan fingerprint density at radius 1 is 1.26 bits per heavy atom. The van der Waals surface area contributed by atoms with Gasteiger partial charge in [0.1, 0.15) is 12.0 Å². The molecule has 0 radical (unpaired) electrons. The van der Waals surface area contributed by atoms with E-state index in [0.29, 0.717) is 26.2 Å². The van der Waals surface area contributed by atoms with Gasteiger partial charge in [0.25, 0.3) is 0 Å². The van der Waals surface area contributed by atoms with Crippen LogP contribution >= 0.6 is 0 Å². The van der Waals surface area contributed by atoms with Gasteiger partial charge < -0.3 is 24.5 Å². The van der Waals surface area contributed by atoms with Crippen molar-refractivity contribution < 1.29 is 9.72 Å². The Kier molecular flexibility index (Phi) is 3.92. The molecule has 9 nitrogen and oxygen atoms in total. The first-order chi connectivity index (χ1) is 11.1. The van der Waals surface area contributed by atoms with Crippen LogP contribution in [0.15, 0.2) is 30.6 Å². The Morgan fingerprint density at radius 2 is 2.00 bits per heavy atom. The molecule has 0 atom stereocenters. The Labute approximate surface area is 132 Å². The van der Waals surface area contributed by atoms with E-state index in [-0.39, 0.29) is 17.5 Å². The first-order valence-electron chi connectivity index (χ1n) is 7.19. The second kappa shape index (κ2) is 6.03. The summed E-state index contributed by atoms with van der Waals surface area (Å²) < 4.78 is 1.39. The molecule has 0 spiro atoms. The molecule has 9 heteroatoms. The topological polar surface area (TPSA) is 97.4 Å². The second-order valence-electron chi connectivity index (χ2n) is 5.26. The molecule has 0 bridgehead atoms. The smallest absolute Gasteiger partial charge is 0.358 e. The number of nitrogens with zero attached hydrogens (tertiary/aromatic N) is 6. The predicted octanol–water partition coefficient (Wildman–Crippen LogP) is 0.686. The van der Waals surface area contributed by atoms with Gasteiger partial charge in [-0.1, -0.05) is 6.07 Å². The number of rotatable bonds is 3. The van der Waals surface area contributed by atoms with E-state index < -0.39 is 4.92 Å². The number of nitro groups is 1. The van der Waals surface area contributed by atoms with Gasteiger partial charge in [-0.3, -0.25) is 4.79 Å². The largest absolute Gasteiger partial charge is 0.382 e. The molecular formula is C14H16N6O3. The van der Waals surface area contributed by atoms with E-state index in [1.165, 1.54) is 10.8 Å². The molecule has 0 unspecified atom stereocenters. The number of hydrogen-bond acceptors (Lipinski definition) is 6. The lowest BCUT2D eigenvalue weighted by Gasteiger charge is -2.34. The van der Waals surface area contributed by atoms with Gasteiger partial charge in [-0.25, -0.2) is 4.98 Å². The Bertz CT molecular complexity index is 721. The zero-order valence-electron chi connectivity index (χ0n) is 12.6. The lowest BCUT2D eigenvalue weighted by molar-refractivity contribution is -0.389. The van der Waals surface area contributed by atoms with Crippen LogP contribution in [0.25, 0.3) is 0 Å². The van der Waals surface area contributed by atoms with Crippen molar-refractivity contribution in [3.8, 4) is 0 Å². The van der Waals surface area contributed by atoms with E-state index in [2.05, 4.69) is 14.9 Å². The summed E-state index contributed by atoms with van der Waals surface area (Å²) in [4.78, 5) is 34.5. The van der Waals surface area contributed by atoms with Crippen molar-refractivity contribution in [2.24, 2.45) is 7.05 Å². The predicted molar refractivity (Wildman–Crippen MR) is 82.2 cm³/mol. The van der Waals surface area contributed by atoms with Crippen molar-refractivity contribution in [2.45, 2.75) is 0 Å². The zero-order valence-corrected chi connectivity index (χ0v) is 12.6. The van der Waals surface area contributed by atoms with Gasteiger partial charge in [0, 0.05) is 39.4 Å². The van der Waals surface area contributed by atoms with Crippen LogP contribution in [-0.4, -0.2) is 56.4 Å². The van der Waals surface area contributed by atoms with Gasteiger partial charge in [-0.15, -0.1) is 0 Å². The molecule has 1 amide bonds. The van der Waals surface area contributed by atoms with Gasteiger partial charge in [0.15, 0.2) is 0 Å². The number of pyridine rings is 1. The number of imidazole rings is 1. The molecule has 23 heavy (non-hydrogen) atoms. The third-order valence-corrected chi connectivity index (χ3v) is 3.78. The van der Waals surface area contributed by atoms with Crippen molar-refractivity contribution in [1.29, 1.82) is 0 Å². The monoisotopic (exact) mass is 316 g/mol. The zero-order chi connectivity index (χ0) is 16.4. The number of aromatic nitrogens is 3. The molecule has 0 N–H and O–H groups in total. The van der Waals surface area contributed by atoms with Crippen LogP contribution in [-0.2, 0) is 7.05 Å². The van der Waals surface area contributed by atoms with Gasteiger partial charge in [-0.05, 0) is 22.0 Å². The minimum Gasteiger partial charge on any atom is -0.358 e. The molecular weight excluding hydrogens is 300 g/mol. The number of amides is 1. The molecule has 3 heterocycles. The van der Waals surface area contributed by atoms with E-state index in [0.717, 1.165) is 5.82 Å². The third-order valence-electron chi connectivity index (χ3n) is 3.78. The summed E-state index contributed by atoms with van der Waals surface area (Å²) in [5.41, 5.74) is 0. The van der Waals surface area contributed by atoms with E-state index in [9.17, 15) is 14.9 Å². The molecule has 120 valence electrons. The first-order valence-corrected chi connectivity index (χ1v) is 7.19. The van der Waals surface area contributed by atoms with Crippen molar-refractivity contribution in [1.82, 2.24) is 19.4 Å². The first kappa shape index (κ1) is 14.9. The van der Waals surface area contributed by atoms with Crippen LogP contribution in [0, 0.1) is 10.1 Å². The highest BCUT2D eigenvalue weighted by molar-refractivity contribution is 5.91. The maximum absolute atomic E-state index is 12.5. The molecule has 2 aromatic rings. The fraction of sp³-hybridized carbons (Fsp3) is 0.357. The minimum absolute atomic E-state index is 0.0861. The number of aryl methyl sites for hydroxylation is 1. The fourth-order valence-electron chi connectivity index (χ4n) is 2.56. The molecule has 2 aromatic heterocycles. The average Bonchev–Trinajstić information content (AvgIpc) is 2.97. The van der Waals surface area contributed by atoms with Gasteiger partial charge >= 0.3 is 17.5 Å². The van der Waals surface area contributed by atoms with Crippen molar-refractivity contribution in [3.63, 3.8) is 0 Å². The van der Waals surface area contributed by atoms with E-state index in [1.54, 1.807) is 18.1 Å². The highest BCUT2D eigenvalue weighted by atomic mass is 16.6. The van der Waals surface area contributed by atoms with Gasteiger partial charge in [0.2, 0.25) is 0 Å². The lowest BCUT2D eigenvalue weighted by atomic mass is 10.3. The van der Waals surface area contributed by atoms with Crippen LogP contribution in [0.3, 0.4) is 0 Å². The number of carbonyl (C=O) groups is 1. The van der Waals surface area contributed by atoms with Crippen molar-refractivity contribution >= 4 is 17.5 Å². The third kappa shape index (κ3) is 2.98. The van der Waals surface area contributed by atoms with E-state index >= 15 is 0 Å². The quantitative estimate of drug-likeness (QED) is 0.610. The Balaban J connectivity index is 1.68. The SMILES string of the molecule is Cn1cc([N+](=O)[O-])nc1C(=O)N1CCN(c2ccccn2)CC1. The Morgan fingerprint density at radius 3 is 2.57 bits per heavy atom. The molecule has 3 rings (SSSR count). The molecule has 1 fully saturated rings. The highest BCUT2D eigenvalue weighted by Crippen LogP contribution is 2.16. The normalized spacial score (nSPS) is 14.8. The van der Waals surface area contributed by atoms with Crippen LogP contribution < -0.4 is 4.90 Å². The summed E-state index contributed by atoms with van der Waals surface area (Å²) in [6.45, 7) is 2.37. The van der Waals surface area contributed by atoms with Crippen LogP contribution in [0.4, 0.5) is 11.6 Å².